The monoisotopic (exact) mass is 359 g/mol. The van der Waals surface area contributed by atoms with Gasteiger partial charge >= 0.3 is 5.69 Å². The van der Waals surface area contributed by atoms with E-state index in [-0.39, 0.29) is 22.9 Å². The minimum Gasteiger partial charge on any atom is -0.337 e. The van der Waals surface area contributed by atoms with Gasteiger partial charge in [0.25, 0.3) is 5.91 Å². The van der Waals surface area contributed by atoms with Crippen LogP contribution in [0.2, 0.25) is 5.02 Å². The van der Waals surface area contributed by atoms with Gasteiger partial charge in [-0.3, -0.25) is 4.79 Å². The molecule has 2 heterocycles. The molecule has 1 saturated heterocycles. The van der Waals surface area contributed by atoms with Gasteiger partial charge in [0.15, 0.2) is 0 Å². The summed E-state index contributed by atoms with van der Waals surface area (Å²) in [5, 5.41) is 0.728. The van der Waals surface area contributed by atoms with E-state index in [1.165, 1.54) is 0 Å². The number of carbonyl (C=O) groups is 1. The summed E-state index contributed by atoms with van der Waals surface area (Å²) in [5.74, 6) is 0.00730. The molecule has 1 aromatic heterocycles. The first-order valence-electron chi connectivity index (χ1n) is 8.41. The van der Waals surface area contributed by atoms with Crippen molar-refractivity contribution in [3.63, 3.8) is 0 Å². The molecule has 0 aliphatic carbocycles. The van der Waals surface area contributed by atoms with E-state index in [2.05, 4.69) is 9.97 Å². The van der Waals surface area contributed by atoms with E-state index in [9.17, 15) is 9.59 Å². The molecule has 1 aromatic carbocycles. The molecular formula is C19H22ClN3O2. The van der Waals surface area contributed by atoms with Crippen LogP contribution in [0.4, 0.5) is 0 Å². The first-order chi connectivity index (χ1) is 11.8. The second-order valence-corrected chi connectivity index (χ2v) is 7.90. The first kappa shape index (κ1) is 17.7. The van der Waals surface area contributed by atoms with Gasteiger partial charge < -0.3 is 9.88 Å². The fraction of sp³-hybridized carbons (Fsp3) is 0.421. The van der Waals surface area contributed by atoms with Crippen molar-refractivity contribution >= 4 is 17.5 Å². The highest BCUT2D eigenvalue weighted by Crippen LogP contribution is 2.32. The lowest BCUT2D eigenvalue weighted by atomic mass is 9.91. The molecule has 6 heteroatoms. The number of nitrogens with zero attached hydrogens (tertiary/aromatic N) is 2. The fourth-order valence-corrected chi connectivity index (χ4v) is 3.43. The zero-order valence-electron chi connectivity index (χ0n) is 14.7. The average Bonchev–Trinajstić information content (AvgIpc) is 3.03. The van der Waals surface area contributed by atoms with Gasteiger partial charge in [0, 0.05) is 35.1 Å². The van der Waals surface area contributed by atoms with Crippen molar-refractivity contribution in [1.29, 1.82) is 0 Å². The largest absolute Gasteiger partial charge is 0.345 e. The zero-order valence-corrected chi connectivity index (χ0v) is 15.4. The molecule has 5 nitrogen and oxygen atoms in total. The number of amides is 1. The summed E-state index contributed by atoms with van der Waals surface area (Å²) in [6.45, 7) is 7.16. The molecule has 132 valence electrons. The second-order valence-electron chi connectivity index (χ2n) is 7.49. The number of hydrogen-bond donors (Lipinski definition) is 1. The van der Waals surface area contributed by atoms with Crippen LogP contribution >= 0.6 is 11.6 Å². The van der Waals surface area contributed by atoms with E-state index < -0.39 is 5.69 Å². The Bertz CT molecular complexity index is 854. The smallest absolute Gasteiger partial charge is 0.337 e. The maximum absolute atomic E-state index is 12.8. The highest BCUT2D eigenvalue weighted by molar-refractivity contribution is 6.31. The molecule has 0 spiro atoms. The Labute approximate surface area is 152 Å². The number of benzene rings is 1. The van der Waals surface area contributed by atoms with E-state index in [1.54, 1.807) is 11.0 Å². The zero-order chi connectivity index (χ0) is 18.2. The summed E-state index contributed by atoms with van der Waals surface area (Å²) in [6.07, 6.45) is 0.852. The SMILES string of the molecule is CC(C)(C)c1cc(C(=O)N2CC[C@H](c3ccccc3Cl)C2)nc(=O)[nH]1. The van der Waals surface area contributed by atoms with Gasteiger partial charge in [-0.25, -0.2) is 4.79 Å². The van der Waals surface area contributed by atoms with Crippen LogP contribution in [0.25, 0.3) is 0 Å². The minimum atomic E-state index is -0.488. The van der Waals surface area contributed by atoms with E-state index >= 15 is 0 Å². The summed E-state index contributed by atoms with van der Waals surface area (Å²) in [7, 11) is 0. The van der Waals surface area contributed by atoms with Crippen LogP contribution in [0, 0.1) is 0 Å². The quantitative estimate of drug-likeness (QED) is 0.894. The van der Waals surface area contributed by atoms with Crippen molar-refractivity contribution in [2.45, 2.75) is 38.5 Å². The number of H-pyrrole nitrogens is 1. The Kier molecular flexibility index (Phi) is 4.69. The molecule has 0 radical (unpaired) electrons. The fourth-order valence-electron chi connectivity index (χ4n) is 3.14. The van der Waals surface area contributed by atoms with Crippen molar-refractivity contribution in [1.82, 2.24) is 14.9 Å². The molecule has 0 bridgehead atoms. The minimum absolute atomic E-state index is 0.202. The normalized spacial score (nSPS) is 17.8. The van der Waals surface area contributed by atoms with E-state index in [0.717, 1.165) is 17.0 Å². The summed E-state index contributed by atoms with van der Waals surface area (Å²) in [4.78, 5) is 33.0. The van der Waals surface area contributed by atoms with Crippen LogP contribution in [-0.2, 0) is 5.41 Å². The molecule has 1 N–H and O–H groups in total. The van der Waals surface area contributed by atoms with E-state index in [4.69, 9.17) is 11.6 Å². The molecule has 1 fully saturated rings. The maximum atomic E-state index is 12.8. The van der Waals surface area contributed by atoms with Crippen molar-refractivity contribution < 1.29 is 4.79 Å². The lowest BCUT2D eigenvalue weighted by Gasteiger charge is -2.20. The lowest BCUT2D eigenvalue weighted by molar-refractivity contribution is 0.0784. The van der Waals surface area contributed by atoms with Gasteiger partial charge in [-0.1, -0.05) is 50.6 Å². The summed E-state index contributed by atoms with van der Waals surface area (Å²) >= 11 is 6.28. The number of aromatic nitrogens is 2. The van der Waals surface area contributed by atoms with Gasteiger partial charge in [0.1, 0.15) is 5.69 Å². The van der Waals surface area contributed by atoms with Crippen LogP contribution < -0.4 is 5.69 Å². The standard InChI is InChI=1S/C19H22ClN3O2/c1-19(2,3)16-10-15(21-18(25)22-16)17(24)23-9-8-12(11-23)13-6-4-5-7-14(13)20/h4-7,10,12H,8-9,11H2,1-3H3,(H,21,22,25)/t12-/m0/s1. The Morgan fingerprint density at radius 1 is 1.32 bits per heavy atom. The van der Waals surface area contributed by atoms with Crippen molar-refractivity contribution in [3.05, 3.63) is 62.8 Å². The number of nitrogens with one attached hydrogen (secondary N) is 1. The van der Waals surface area contributed by atoms with Crippen LogP contribution in [-0.4, -0.2) is 33.9 Å². The molecular weight excluding hydrogens is 338 g/mol. The van der Waals surface area contributed by atoms with Crippen LogP contribution in [0.3, 0.4) is 0 Å². The third-order valence-corrected chi connectivity index (χ3v) is 4.94. The number of halogens is 1. The van der Waals surface area contributed by atoms with Crippen LogP contribution in [0.1, 0.15) is 54.9 Å². The first-order valence-corrected chi connectivity index (χ1v) is 8.79. The van der Waals surface area contributed by atoms with Gasteiger partial charge in [-0.15, -0.1) is 0 Å². The maximum Gasteiger partial charge on any atom is 0.345 e. The Morgan fingerprint density at radius 3 is 2.72 bits per heavy atom. The number of carbonyl (C=O) groups excluding carboxylic acids is 1. The predicted octanol–water partition coefficient (Wildman–Crippen LogP) is 3.35. The van der Waals surface area contributed by atoms with Gasteiger partial charge in [-0.2, -0.15) is 4.98 Å². The molecule has 0 saturated carbocycles. The molecule has 1 atom stereocenters. The Morgan fingerprint density at radius 2 is 2.04 bits per heavy atom. The van der Waals surface area contributed by atoms with E-state index in [0.29, 0.717) is 18.8 Å². The summed E-state index contributed by atoms with van der Waals surface area (Å²) in [6, 6.07) is 9.42. The number of rotatable bonds is 2. The molecule has 0 unspecified atom stereocenters. The van der Waals surface area contributed by atoms with Gasteiger partial charge in [0.2, 0.25) is 0 Å². The van der Waals surface area contributed by atoms with Crippen molar-refractivity contribution in [2.24, 2.45) is 0 Å². The van der Waals surface area contributed by atoms with Crippen LogP contribution in [0.5, 0.6) is 0 Å². The topological polar surface area (TPSA) is 66.1 Å². The second kappa shape index (κ2) is 6.64. The molecule has 3 rings (SSSR count). The lowest BCUT2D eigenvalue weighted by Crippen LogP contribution is -2.32. The summed E-state index contributed by atoms with van der Waals surface area (Å²) < 4.78 is 0. The Balaban J connectivity index is 1.82. The number of aromatic amines is 1. The average molecular weight is 360 g/mol. The third kappa shape index (κ3) is 3.76. The number of hydrogen-bond acceptors (Lipinski definition) is 3. The van der Waals surface area contributed by atoms with Crippen molar-refractivity contribution in [3.8, 4) is 0 Å². The van der Waals surface area contributed by atoms with Crippen molar-refractivity contribution in [2.75, 3.05) is 13.1 Å². The van der Waals surface area contributed by atoms with Gasteiger partial charge in [0.05, 0.1) is 0 Å². The van der Waals surface area contributed by atoms with E-state index in [1.807, 2.05) is 45.0 Å². The van der Waals surface area contributed by atoms with Crippen LogP contribution in [0.15, 0.2) is 35.1 Å². The predicted molar refractivity (Wildman–Crippen MR) is 98.3 cm³/mol. The van der Waals surface area contributed by atoms with Gasteiger partial charge in [-0.05, 0) is 24.1 Å². The molecule has 25 heavy (non-hydrogen) atoms. The highest BCUT2D eigenvalue weighted by atomic mass is 35.5. The molecule has 1 aliphatic rings. The molecule has 1 amide bonds. The summed E-state index contributed by atoms with van der Waals surface area (Å²) in [5.41, 5.74) is 1.22. The highest BCUT2D eigenvalue weighted by Gasteiger charge is 2.30. The molecule has 2 aromatic rings. The molecule has 1 aliphatic heterocycles. The third-order valence-electron chi connectivity index (χ3n) is 4.59. The Hall–Kier alpha value is -2.14. The number of likely N-dealkylation sites (tertiary alicyclic amines) is 1.